The third-order valence-electron chi connectivity index (χ3n) is 3.36. The van der Waals surface area contributed by atoms with Crippen LogP contribution >= 0.6 is 0 Å². The number of carbonyl (C=O) groups is 1. The number of amides is 1. The minimum absolute atomic E-state index is 0.0492. The Kier molecular flexibility index (Phi) is 5.92. The van der Waals surface area contributed by atoms with Crippen molar-refractivity contribution in [3.63, 3.8) is 0 Å². The number of nitrogens with one attached hydrogen (secondary N) is 1. The van der Waals surface area contributed by atoms with E-state index in [9.17, 15) is 13.2 Å². The summed E-state index contributed by atoms with van der Waals surface area (Å²) in [6.45, 7) is 5.85. The van der Waals surface area contributed by atoms with Gasteiger partial charge in [-0.2, -0.15) is 4.31 Å². The van der Waals surface area contributed by atoms with Crippen molar-refractivity contribution >= 4 is 15.9 Å². The van der Waals surface area contributed by atoms with Crippen LogP contribution in [0, 0.1) is 13.8 Å². The molecule has 1 rings (SSSR count). The molecule has 1 N–H and O–H groups in total. The number of hydrogen-bond acceptors (Lipinski definition) is 3. The number of carbonyl (C=O) groups excluding carboxylic acids is 1. The van der Waals surface area contributed by atoms with Crippen LogP contribution in [0.1, 0.15) is 23.6 Å². The minimum atomic E-state index is -3.33. The molecule has 118 valence electrons. The lowest BCUT2D eigenvalue weighted by atomic mass is 10.00. The number of rotatable bonds is 6. The highest BCUT2D eigenvalue weighted by molar-refractivity contribution is 7.88. The van der Waals surface area contributed by atoms with Crippen LogP contribution in [0.4, 0.5) is 0 Å². The molecule has 1 aromatic rings. The molecule has 0 bridgehead atoms. The summed E-state index contributed by atoms with van der Waals surface area (Å²) in [6, 6.07) is 6.18. The van der Waals surface area contributed by atoms with Crippen molar-refractivity contribution in [2.24, 2.45) is 0 Å². The minimum Gasteiger partial charge on any atom is -0.352 e. The third kappa shape index (κ3) is 5.85. The predicted octanol–water partition coefficient (Wildman–Crippen LogP) is 1.24. The van der Waals surface area contributed by atoms with E-state index in [4.69, 9.17) is 0 Å². The lowest BCUT2D eigenvalue weighted by Crippen LogP contribution is -2.42. The molecule has 21 heavy (non-hydrogen) atoms. The van der Waals surface area contributed by atoms with Gasteiger partial charge in [0.15, 0.2) is 0 Å². The van der Waals surface area contributed by atoms with E-state index in [0.717, 1.165) is 17.0 Å². The average molecular weight is 312 g/mol. The molecule has 0 radical (unpaired) electrons. The number of likely N-dealkylation sites (N-methyl/N-ethyl adjacent to an activating group) is 1. The number of sulfonamides is 1. The second kappa shape index (κ2) is 7.04. The lowest BCUT2D eigenvalue weighted by Gasteiger charge is -2.18. The van der Waals surface area contributed by atoms with Gasteiger partial charge < -0.3 is 5.32 Å². The maximum Gasteiger partial charge on any atom is 0.235 e. The SMILES string of the molecule is Cc1ccc(CC(C)NC(=O)CN(C)S(C)(=O)=O)c(C)c1. The molecule has 0 aliphatic rings. The Morgan fingerprint density at radius 2 is 1.95 bits per heavy atom. The van der Waals surface area contributed by atoms with Gasteiger partial charge in [-0.1, -0.05) is 23.8 Å². The molecular weight excluding hydrogens is 288 g/mol. The van der Waals surface area contributed by atoms with Crippen LogP contribution in [0.15, 0.2) is 18.2 Å². The maximum absolute atomic E-state index is 11.8. The van der Waals surface area contributed by atoms with Crippen LogP contribution < -0.4 is 5.32 Å². The van der Waals surface area contributed by atoms with Gasteiger partial charge >= 0.3 is 0 Å². The summed E-state index contributed by atoms with van der Waals surface area (Å²) in [7, 11) is -1.94. The van der Waals surface area contributed by atoms with Crippen LogP contribution in [0.25, 0.3) is 0 Å². The number of nitrogens with zero attached hydrogens (tertiary/aromatic N) is 1. The summed E-state index contributed by atoms with van der Waals surface area (Å²) in [4.78, 5) is 11.8. The van der Waals surface area contributed by atoms with Crippen LogP contribution in [0.3, 0.4) is 0 Å². The van der Waals surface area contributed by atoms with Crippen LogP contribution in [-0.4, -0.2) is 44.5 Å². The lowest BCUT2D eigenvalue weighted by molar-refractivity contribution is -0.121. The molecular formula is C15H24N2O3S. The molecule has 6 heteroatoms. The van der Waals surface area contributed by atoms with Crippen molar-refractivity contribution in [3.05, 3.63) is 34.9 Å². The first-order valence-electron chi connectivity index (χ1n) is 6.86. The first-order chi connectivity index (χ1) is 9.59. The van der Waals surface area contributed by atoms with Crippen LogP contribution in [0.2, 0.25) is 0 Å². The van der Waals surface area contributed by atoms with Gasteiger partial charge in [-0.05, 0) is 38.3 Å². The Morgan fingerprint density at radius 1 is 1.33 bits per heavy atom. The Balaban J connectivity index is 2.57. The second-order valence-electron chi connectivity index (χ2n) is 5.62. The van der Waals surface area contributed by atoms with Crippen LogP contribution in [0.5, 0.6) is 0 Å². The van der Waals surface area contributed by atoms with E-state index in [0.29, 0.717) is 0 Å². The Bertz CT molecular complexity index is 611. The van der Waals surface area contributed by atoms with Crippen molar-refractivity contribution in [2.45, 2.75) is 33.2 Å². The fourth-order valence-electron chi connectivity index (χ4n) is 2.10. The Hall–Kier alpha value is -1.40. The van der Waals surface area contributed by atoms with E-state index in [-0.39, 0.29) is 18.5 Å². The van der Waals surface area contributed by atoms with Gasteiger partial charge in [-0.25, -0.2) is 8.42 Å². The Labute approximate surface area is 127 Å². The monoisotopic (exact) mass is 312 g/mol. The topological polar surface area (TPSA) is 66.5 Å². The zero-order chi connectivity index (χ0) is 16.2. The molecule has 0 spiro atoms. The summed E-state index contributed by atoms with van der Waals surface area (Å²) in [5, 5.41) is 2.83. The molecule has 0 saturated carbocycles. The zero-order valence-electron chi connectivity index (χ0n) is 13.3. The molecule has 0 aliphatic heterocycles. The summed E-state index contributed by atoms with van der Waals surface area (Å²) >= 11 is 0. The zero-order valence-corrected chi connectivity index (χ0v) is 14.1. The third-order valence-corrected chi connectivity index (χ3v) is 4.63. The van der Waals surface area contributed by atoms with E-state index in [1.54, 1.807) is 0 Å². The van der Waals surface area contributed by atoms with E-state index >= 15 is 0 Å². The Morgan fingerprint density at radius 3 is 2.48 bits per heavy atom. The quantitative estimate of drug-likeness (QED) is 0.859. The molecule has 5 nitrogen and oxygen atoms in total. The van der Waals surface area contributed by atoms with Gasteiger partial charge in [0.1, 0.15) is 0 Å². The molecule has 0 aromatic heterocycles. The van der Waals surface area contributed by atoms with Gasteiger partial charge in [-0.15, -0.1) is 0 Å². The number of hydrogen-bond donors (Lipinski definition) is 1. The first-order valence-corrected chi connectivity index (χ1v) is 8.71. The molecule has 0 heterocycles. The summed E-state index contributed by atoms with van der Waals surface area (Å²) in [5.41, 5.74) is 3.59. The standard InChI is InChI=1S/C15H24N2O3S/c1-11-6-7-14(12(2)8-11)9-13(3)16-15(18)10-17(4)21(5,19)20/h6-8,13H,9-10H2,1-5H3,(H,16,18). The van der Waals surface area contributed by atoms with Gasteiger partial charge in [0.2, 0.25) is 15.9 Å². The van der Waals surface area contributed by atoms with Crippen LogP contribution in [-0.2, 0) is 21.2 Å². The fourth-order valence-corrected chi connectivity index (χ4v) is 2.45. The van der Waals surface area contributed by atoms with Crippen molar-refractivity contribution in [1.82, 2.24) is 9.62 Å². The van der Waals surface area contributed by atoms with Gasteiger partial charge in [0, 0.05) is 13.1 Å². The molecule has 0 saturated heterocycles. The van der Waals surface area contributed by atoms with E-state index in [2.05, 4.69) is 17.4 Å². The summed E-state index contributed by atoms with van der Waals surface area (Å²) < 4.78 is 23.6. The first kappa shape index (κ1) is 17.7. The second-order valence-corrected chi connectivity index (χ2v) is 7.71. The number of benzene rings is 1. The van der Waals surface area contributed by atoms with Crippen molar-refractivity contribution < 1.29 is 13.2 Å². The fraction of sp³-hybridized carbons (Fsp3) is 0.533. The summed E-state index contributed by atoms with van der Waals surface area (Å²) in [5.74, 6) is -0.291. The van der Waals surface area contributed by atoms with E-state index in [1.807, 2.05) is 26.8 Å². The highest BCUT2D eigenvalue weighted by atomic mass is 32.2. The molecule has 1 atom stereocenters. The van der Waals surface area contributed by atoms with Gasteiger partial charge in [0.05, 0.1) is 12.8 Å². The van der Waals surface area contributed by atoms with E-state index < -0.39 is 10.0 Å². The van der Waals surface area contributed by atoms with Crippen molar-refractivity contribution in [2.75, 3.05) is 19.8 Å². The smallest absolute Gasteiger partial charge is 0.235 e. The number of aryl methyl sites for hydroxylation is 2. The van der Waals surface area contributed by atoms with Gasteiger partial charge in [-0.3, -0.25) is 4.79 Å². The van der Waals surface area contributed by atoms with Gasteiger partial charge in [0.25, 0.3) is 0 Å². The molecule has 1 aromatic carbocycles. The maximum atomic E-state index is 11.8. The largest absolute Gasteiger partial charge is 0.352 e. The molecule has 0 aliphatic carbocycles. The van der Waals surface area contributed by atoms with Crippen molar-refractivity contribution in [1.29, 1.82) is 0 Å². The highest BCUT2D eigenvalue weighted by Gasteiger charge is 2.16. The normalized spacial score (nSPS) is 13.2. The molecule has 1 amide bonds. The molecule has 1 unspecified atom stereocenters. The average Bonchev–Trinajstić information content (AvgIpc) is 2.31. The molecule has 0 fully saturated rings. The van der Waals surface area contributed by atoms with E-state index in [1.165, 1.54) is 23.7 Å². The summed E-state index contributed by atoms with van der Waals surface area (Å²) in [6.07, 6.45) is 1.81. The predicted molar refractivity (Wildman–Crippen MR) is 84.7 cm³/mol. The highest BCUT2D eigenvalue weighted by Crippen LogP contribution is 2.12. The van der Waals surface area contributed by atoms with Crippen molar-refractivity contribution in [3.8, 4) is 0 Å².